The van der Waals surface area contributed by atoms with Crippen molar-refractivity contribution in [2.45, 2.75) is 50.0 Å². The fourth-order valence-corrected chi connectivity index (χ4v) is 5.82. The molecule has 2 heterocycles. The number of carboxylic acid groups (broad SMARTS) is 1. The monoisotopic (exact) mass is 576 g/mol. The molecular formula is C30H25F5O6. The van der Waals surface area contributed by atoms with Crippen molar-refractivity contribution in [1.29, 1.82) is 0 Å². The first-order valence-corrected chi connectivity index (χ1v) is 13.2. The lowest BCUT2D eigenvalue weighted by molar-refractivity contribution is -0.138. The van der Waals surface area contributed by atoms with E-state index in [0.29, 0.717) is 42.1 Å². The first-order chi connectivity index (χ1) is 19.6. The predicted octanol–water partition coefficient (Wildman–Crippen LogP) is 6.84. The molecule has 6 nitrogen and oxygen atoms in total. The van der Waals surface area contributed by atoms with Gasteiger partial charge in [-0.15, -0.1) is 0 Å². The Kier molecular flexibility index (Phi) is 7.01. The Morgan fingerprint density at radius 1 is 0.976 bits per heavy atom. The first-order valence-electron chi connectivity index (χ1n) is 13.2. The number of halogens is 5. The highest BCUT2D eigenvalue weighted by Gasteiger charge is 2.39. The van der Waals surface area contributed by atoms with Crippen LogP contribution in [0.5, 0.6) is 17.2 Å². The van der Waals surface area contributed by atoms with E-state index in [-0.39, 0.29) is 43.1 Å². The molecule has 0 amide bonds. The topological polar surface area (TPSA) is 74.2 Å². The van der Waals surface area contributed by atoms with Crippen molar-refractivity contribution in [1.82, 2.24) is 0 Å². The van der Waals surface area contributed by atoms with Gasteiger partial charge in [0.05, 0.1) is 31.8 Å². The third-order valence-corrected chi connectivity index (χ3v) is 7.68. The zero-order valence-electron chi connectivity index (χ0n) is 21.6. The van der Waals surface area contributed by atoms with Crippen molar-refractivity contribution in [2.75, 3.05) is 19.8 Å². The molecule has 2 aliphatic heterocycles. The Hall–Kier alpha value is -3.86. The molecule has 6 rings (SSSR count). The molecule has 0 bridgehead atoms. The van der Waals surface area contributed by atoms with E-state index >= 15 is 8.78 Å². The third kappa shape index (κ3) is 5.30. The van der Waals surface area contributed by atoms with Gasteiger partial charge in [-0.25, -0.2) is 8.78 Å². The number of benzene rings is 3. The molecule has 0 radical (unpaired) electrons. The van der Waals surface area contributed by atoms with Crippen LogP contribution >= 0.6 is 0 Å². The largest absolute Gasteiger partial charge is 0.492 e. The molecule has 0 unspecified atom stereocenters. The van der Waals surface area contributed by atoms with Crippen LogP contribution in [0.25, 0.3) is 11.1 Å². The normalized spacial score (nSPS) is 21.3. The van der Waals surface area contributed by atoms with Gasteiger partial charge in [0.1, 0.15) is 23.7 Å². The van der Waals surface area contributed by atoms with E-state index in [2.05, 4.69) is 0 Å². The maximum absolute atomic E-state index is 15.0. The molecule has 3 aliphatic rings. The van der Waals surface area contributed by atoms with Crippen molar-refractivity contribution in [3.05, 3.63) is 76.4 Å². The standard InChI is InChI=1S/C30H25F5O6/c31-23-9-15(10-24(32)29(23)41-18-7-8-38-14-18)28-21-4-6-25(20(21)3-5-22(28)30(33,34)35)40-17-1-2-19-16(11-27(36)37)13-39-26(19)12-17/h1-3,5,9-10,12,16,18,25H,4,6-8,11,13-14H2,(H,36,37)/t16-,18-,25-/m1/s1. The summed E-state index contributed by atoms with van der Waals surface area (Å²) in [4.78, 5) is 11.1. The van der Waals surface area contributed by atoms with E-state index < -0.39 is 47.3 Å². The summed E-state index contributed by atoms with van der Waals surface area (Å²) in [7, 11) is 0. The van der Waals surface area contributed by atoms with Gasteiger partial charge in [0.25, 0.3) is 0 Å². The fraction of sp³-hybridized carbons (Fsp3) is 0.367. The number of rotatable bonds is 7. The molecule has 0 aromatic heterocycles. The second-order valence-electron chi connectivity index (χ2n) is 10.4. The Labute approximate surface area is 231 Å². The summed E-state index contributed by atoms with van der Waals surface area (Å²) in [5, 5.41) is 9.11. The van der Waals surface area contributed by atoms with E-state index in [0.717, 1.165) is 23.8 Å². The number of carbonyl (C=O) groups is 1. The molecule has 0 spiro atoms. The highest BCUT2D eigenvalue weighted by Crippen LogP contribution is 2.48. The third-order valence-electron chi connectivity index (χ3n) is 7.68. The van der Waals surface area contributed by atoms with Crippen LogP contribution in [0, 0.1) is 11.6 Å². The van der Waals surface area contributed by atoms with Crippen LogP contribution in [-0.2, 0) is 22.1 Å². The maximum Gasteiger partial charge on any atom is 0.417 e. The summed E-state index contributed by atoms with van der Waals surface area (Å²) in [6.45, 7) is 0.794. The summed E-state index contributed by atoms with van der Waals surface area (Å²) in [6, 6.07) is 9.04. The minimum Gasteiger partial charge on any atom is -0.492 e. The lowest BCUT2D eigenvalue weighted by atomic mass is 9.91. The Morgan fingerprint density at radius 3 is 2.41 bits per heavy atom. The summed E-state index contributed by atoms with van der Waals surface area (Å²) in [6.07, 6.45) is -5.00. The molecule has 3 atom stereocenters. The van der Waals surface area contributed by atoms with E-state index in [9.17, 15) is 18.0 Å². The zero-order valence-corrected chi connectivity index (χ0v) is 21.6. The number of fused-ring (bicyclic) bond motifs is 2. The van der Waals surface area contributed by atoms with Gasteiger partial charge in [0, 0.05) is 24.0 Å². The quantitative estimate of drug-likeness (QED) is 0.311. The van der Waals surface area contributed by atoms with Crippen LogP contribution in [0.4, 0.5) is 22.0 Å². The van der Waals surface area contributed by atoms with Crippen LogP contribution in [-0.4, -0.2) is 37.0 Å². The number of ether oxygens (including phenoxy) is 4. The number of aliphatic carboxylic acids is 1. The van der Waals surface area contributed by atoms with Crippen LogP contribution in [0.1, 0.15) is 53.5 Å². The Bertz CT molecular complexity index is 1470. The summed E-state index contributed by atoms with van der Waals surface area (Å²) >= 11 is 0. The second kappa shape index (κ2) is 10.5. The Balaban J connectivity index is 1.32. The van der Waals surface area contributed by atoms with Gasteiger partial charge >= 0.3 is 12.1 Å². The van der Waals surface area contributed by atoms with Gasteiger partial charge in [0.15, 0.2) is 17.4 Å². The van der Waals surface area contributed by atoms with Gasteiger partial charge in [-0.05, 0) is 59.4 Å². The van der Waals surface area contributed by atoms with Gasteiger partial charge in [-0.1, -0.05) is 12.1 Å². The van der Waals surface area contributed by atoms with Gasteiger partial charge in [0.2, 0.25) is 0 Å². The molecule has 3 aromatic rings. The molecular weight excluding hydrogens is 551 g/mol. The van der Waals surface area contributed by atoms with E-state index in [1.54, 1.807) is 18.2 Å². The van der Waals surface area contributed by atoms with Crippen molar-refractivity contribution >= 4 is 5.97 Å². The highest BCUT2D eigenvalue weighted by molar-refractivity contribution is 5.75. The molecule has 0 saturated carbocycles. The zero-order chi connectivity index (χ0) is 28.9. The Morgan fingerprint density at radius 2 is 1.73 bits per heavy atom. The van der Waals surface area contributed by atoms with Crippen LogP contribution in [0.15, 0.2) is 42.5 Å². The minimum atomic E-state index is -4.77. The lowest BCUT2D eigenvalue weighted by Gasteiger charge is -2.20. The van der Waals surface area contributed by atoms with Crippen molar-refractivity contribution < 1.29 is 50.8 Å². The van der Waals surface area contributed by atoms with Gasteiger partial charge in [-0.2, -0.15) is 13.2 Å². The SMILES string of the molecule is O=C(O)C[C@@H]1COc2cc(O[C@@H]3CCc4c3ccc(C(F)(F)F)c4-c3cc(F)c(O[C@@H]4CCOC4)c(F)c3)ccc21. The number of hydrogen-bond acceptors (Lipinski definition) is 5. The second-order valence-corrected chi connectivity index (χ2v) is 10.4. The molecule has 1 N–H and O–H groups in total. The molecule has 1 saturated heterocycles. The van der Waals surface area contributed by atoms with Gasteiger partial charge < -0.3 is 24.1 Å². The van der Waals surface area contributed by atoms with Crippen LogP contribution in [0.2, 0.25) is 0 Å². The number of alkyl halides is 3. The molecule has 1 fully saturated rings. The predicted molar refractivity (Wildman–Crippen MR) is 135 cm³/mol. The molecule has 216 valence electrons. The van der Waals surface area contributed by atoms with Crippen molar-refractivity contribution in [2.24, 2.45) is 0 Å². The molecule has 41 heavy (non-hydrogen) atoms. The average Bonchev–Trinajstić information content (AvgIpc) is 3.66. The molecule has 11 heteroatoms. The number of hydrogen-bond donors (Lipinski definition) is 1. The lowest BCUT2D eigenvalue weighted by Crippen LogP contribution is -2.17. The smallest absolute Gasteiger partial charge is 0.417 e. The van der Waals surface area contributed by atoms with E-state index in [4.69, 9.17) is 24.1 Å². The van der Waals surface area contributed by atoms with Crippen molar-refractivity contribution in [3.63, 3.8) is 0 Å². The fourth-order valence-electron chi connectivity index (χ4n) is 5.82. The summed E-state index contributed by atoms with van der Waals surface area (Å²) in [5.74, 6) is -3.14. The molecule has 3 aromatic carbocycles. The van der Waals surface area contributed by atoms with Crippen molar-refractivity contribution in [3.8, 4) is 28.4 Å². The van der Waals surface area contributed by atoms with Crippen LogP contribution in [0.3, 0.4) is 0 Å². The summed E-state index contributed by atoms with van der Waals surface area (Å²) in [5.41, 5.74) is 0.0195. The maximum atomic E-state index is 15.0. The highest BCUT2D eigenvalue weighted by atomic mass is 19.4. The van der Waals surface area contributed by atoms with Gasteiger partial charge in [-0.3, -0.25) is 4.79 Å². The minimum absolute atomic E-state index is 0.0726. The number of carboxylic acids is 1. The summed E-state index contributed by atoms with van der Waals surface area (Å²) < 4.78 is 94.8. The van der Waals surface area contributed by atoms with E-state index in [1.165, 1.54) is 6.07 Å². The van der Waals surface area contributed by atoms with E-state index in [1.807, 2.05) is 0 Å². The first kappa shape index (κ1) is 27.3. The van der Waals surface area contributed by atoms with Crippen LogP contribution < -0.4 is 14.2 Å². The average molecular weight is 577 g/mol. The molecule has 1 aliphatic carbocycles.